The maximum Gasteiger partial charge on any atom is 0.166 e. The molecule has 0 aromatic heterocycles. The first-order valence-electron chi connectivity index (χ1n) is 8.67. The van der Waals surface area contributed by atoms with Gasteiger partial charge in [0.05, 0.1) is 18.0 Å². The Morgan fingerprint density at radius 2 is 2.12 bits per heavy atom. The molecule has 2 N–H and O–H groups in total. The summed E-state index contributed by atoms with van der Waals surface area (Å²) in [7, 11) is -3.50. The van der Waals surface area contributed by atoms with Crippen molar-refractivity contribution in [2.75, 3.05) is 6.61 Å². The van der Waals surface area contributed by atoms with Crippen LogP contribution in [-0.4, -0.2) is 41.8 Å². The first-order chi connectivity index (χ1) is 11.1. The summed E-state index contributed by atoms with van der Waals surface area (Å²) in [5.41, 5.74) is 2.57. The van der Waals surface area contributed by atoms with Crippen LogP contribution in [0.3, 0.4) is 0 Å². The predicted octanol–water partition coefficient (Wildman–Crippen LogP) is 2.92. The van der Waals surface area contributed by atoms with Gasteiger partial charge in [0.25, 0.3) is 0 Å². The fraction of sp³-hybridized carbons (Fsp3) is 0.684. The third-order valence-corrected chi connectivity index (χ3v) is 8.06. The van der Waals surface area contributed by atoms with Gasteiger partial charge in [0, 0.05) is 0 Å². The summed E-state index contributed by atoms with van der Waals surface area (Å²) in [6.07, 6.45) is 8.01. The zero-order valence-electron chi connectivity index (χ0n) is 15.1. The van der Waals surface area contributed by atoms with Gasteiger partial charge in [-0.05, 0) is 50.5 Å². The number of hydrogen-bond acceptors (Lipinski definition) is 4. The number of allylic oxidation sites excluding steroid dienone is 2. The minimum absolute atomic E-state index is 0.0391. The molecular formula is C19H30O4S. The minimum atomic E-state index is -3.50. The van der Waals surface area contributed by atoms with Crippen LogP contribution in [0.25, 0.3) is 0 Å². The normalized spacial score (nSPS) is 30.7. The molecular weight excluding hydrogens is 324 g/mol. The van der Waals surface area contributed by atoms with E-state index in [-0.39, 0.29) is 12.0 Å². The molecule has 0 saturated heterocycles. The maximum atomic E-state index is 13.0. The summed E-state index contributed by atoms with van der Waals surface area (Å²) in [6, 6.07) is 0. The van der Waals surface area contributed by atoms with Crippen LogP contribution < -0.4 is 0 Å². The average Bonchev–Trinajstić information content (AvgIpc) is 2.71. The highest BCUT2D eigenvalue weighted by atomic mass is 32.2. The van der Waals surface area contributed by atoms with Crippen LogP contribution >= 0.6 is 0 Å². The summed E-state index contributed by atoms with van der Waals surface area (Å²) in [5, 5.41) is 17.9. The van der Waals surface area contributed by atoms with Crippen LogP contribution in [0.2, 0.25) is 0 Å². The second kappa shape index (κ2) is 7.14. The van der Waals surface area contributed by atoms with Crippen molar-refractivity contribution >= 4 is 9.84 Å². The topological polar surface area (TPSA) is 74.6 Å². The molecule has 2 aliphatic rings. The quantitative estimate of drug-likeness (QED) is 0.745. The molecule has 0 spiro atoms. The van der Waals surface area contributed by atoms with Crippen LogP contribution in [0, 0.1) is 5.41 Å². The van der Waals surface area contributed by atoms with Crippen molar-refractivity contribution in [3.63, 3.8) is 0 Å². The number of aliphatic hydroxyl groups excluding tert-OH is 2. The molecule has 5 heteroatoms. The van der Waals surface area contributed by atoms with Gasteiger partial charge in [-0.25, -0.2) is 8.42 Å². The van der Waals surface area contributed by atoms with Gasteiger partial charge in [-0.2, -0.15) is 0 Å². The van der Waals surface area contributed by atoms with Crippen molar-refractivity contribution in [1.29, 1.82) is 0 Å². The molecule has 136 valence electrons. The van der Waals surface area contributed by atoms with Crippen LogP contribution in [0.4, 0.5) is 0 Å². The molecule has 2 rings (SSSR count). The predicted molar refractivity (Wildman–Crippen MR) is 97.4 cm³/mol. The van der Waals surface area contributed by atoms with Crippen molar-refractivity contribution in [1.82, 2.24) is 0 Å². The SMILES string of the molecule is CC1=CC(C(O)/C(C)=C/CO)S(=O)(=O)C1CC1=CCCCC1(C)C. The number of sulfone groups is 1. The van der Waals surface area contributed by atoms with E-state index in [9.17, 15) is 13.5 Å². The fourth-order valence-corrected chi connectivity index (χ4v) is 6.16. The highest BCUT2D eigenvalue weighted by molar-refractivity contribution is 7.93. The third-order valence-electron chi connectivity index (χ3n) is 5.57. The van der Waals surface area contributed by atoms with Gasteiger partial charge in [0.1, 0.15) is 5.25 Å². The monoisotopic (exact) mass is 354 g/mol. The molecule has 0 bridgehead atoms. The van der Waals surface area contributed by atoms with Gasteiger partial charge in [0.2, 0.25) is 0 Å². The lowest BCUT2D eigenvalue weighted by Crippen LogP contribution is -2.36. The number of hydrogen-bond donors (Lipinski definition) is 2. The van der Waals surface area contributed by atoms with E-state index in [1.807, 2.05) is 6.92 Å². The Balaban J connectivity index is 2.27. The summed E-state index contributed by atoms with van der Waals surface area (Å²) < 4.78 is 26.0. The first-order valence-corrected chi connectivity index (χ1v) is 10.3. The number of aliphatic hydroxyl groups is 2. The Labute approximate surface area is 145 Å². The van der Waals surface area contributed by atoms with Gasteiger partial charge in [-0.15, -0.1) is 0 Å². The Kier molecular flexibility index (Phi) is 5.78. The molecule has 1 aliphatic heterocycles. The van der Waals surface area contributed by atoms with E-state index < -0.39 is 26.4 Å². The smallest absolute Gasteiger partial charge is 0.166 e. The molecule has 0 aromatic carbocycles. The van der Waals surface area contributed by atoms with E-state index in [1.54, 1.807) is 13.0 Å². The van der Waals surface area contributed by atoms with Gasteiger partial charge < -0.3 is 10.2 Å². The summed E-state index contributed by atoms with van der Waals surface area (Å²) in [4.78, 5) is 0. The molecule has 1 heterocycles. The van der Waals surface area contributed by atoms with Crippen LogP contribution in [0.5, 0.6) is 0 Å². The Hall–Kier alpha value is -0.910. The lowest BCUT2D eigenvalue weighted by molar-refractivity contribution is 0.214. The molecule has 3 atom stereocenters. The van der Waals surface area contributed by atoms with Gasteiger partial charge in [-0.1, -0.05) is 43.2 Å². The maximum absolute atomic E-state index is 13.0. The van der Waals surface area contributed by atoms with E-state index in [1.165, 1.54) is 11.6 Å². The lowest BCUT2D eigenvalue weighted by atomic mass is 9.73. The van der Waals surface area contributed by atoms with E-state index in [2.05, 4.69) is 19.9 Å². The summed E-state index contributed by atoms with van der Waals surface area (Å²) >= 11 is 0. The van der Waals surface area contributed by atoms with Crippen LogP contribution in [0.1, 0.15) is 53.4 Å². The molecule has 3 unspecified atom stereocenters. The minimum Gasteiger partial charge on any atom is -0.392 e. The molecule has 0 aromatic rings. The summed E-state index contributed by atoms with van der Waals surface area (Å²) in [5.74, 6) is 0. The molecule has 24 heavy (non-hydrogen) atoms. The zero-order valence-corrected chi connectivity index (χ0v) is 15.9. The fourth-order valence-electron chi connectivity index (χ4n) is 3.80. The first kappa shape index (κ1) is 19.4. The van der Waals surface area contributed by atoms with Crippen molar-refractivity contribution in [2.45, 2.75) is 70.0 Å². The average molecular weight is 355 g/mol. The zero-order chi connectivity index (χ0) is 18.1. The molecule has 4 nitrogen and oxygen atoms in total. The Morgan fingerprint density at radius 1 is 1.46 bits per heavy atom. The van der Waals surface area contributed by atoms with Gasteiger partial charge >= 0.3 is 0 Å². The van der Waals surface area contributed by atoms with Crippen molar-refractivity contribution < 1.29 is 18.6 Å². The third kappa shape index (κ3) is 3.68. The van der Waals surface area contributed by atoms with Gasteiger partial charge in [0.15, 0.2) is 9.84 Å². The largest absolute Gasteiger partial charge is 0.392 e. The Morgan fingerprint density at radius 3 is 2.71 bits per heavy atom. The van der Waals surface area contributed by atoms with Gasteiger partial charge in [-0.3, -0.25) is 0 Å². The van der Waals surface area contributed by atoms with Crippen molar-refractivity contribution in [3.05, 3.63) is 34.9 Å². The Bertz CT molecular complexity index is 667. The van der Waals surface area contributed by atoms with Crippen LogP contribution in [-0.2, 0) is 9.84 Å². The highest BCUT2D eigenvalue weighted by Crippen LogP contribution is 2.43. The highest BCUT2D eigenvalue weighted by Gasteiger charge is 2.45. The molecule has 0 radical (unpaired) electrons. The second-order valence-corrected chi connectivity index (χ2v) is 10.0. The lowest BCUT2D eigenvalue weighted by Gasteiger charge is -2.33. The van der Waals surface area contributed by atoms with E-state index in [0.717, 1.165) is 24.8 Å². The molecule has 0 saturated carbocycles. The standard InChI is InChI=1S/C19H30O4S/c1-13(8-10-20)18(21)17-11-14(2)16(24(17,22)23)12-15-7-5-6-9-19(15,3)4/h7-8,11,16-18,20-21H,5-6,9-10,12H2,1-4H3/b13-8+. The van der Waals surface area contributed by atoms with Crippen molar-refractivity contribution in [2.24, 2.45) is 5.41 Å². The molecule has 1 aliphatic carbocycles. The molecule has 0 fully saturated rings. The number of rotatable bonds is 5. The molecule has 0 amide bonds. The summed E-state index contributed by atoms with van der Waals surface area (Å²) in [6.45, 7) is 7.65. The second-order valence-electron chi connectivity index (χ2n) is 7.74. The van der Waals surface area contributed by atoms with Crippen LogP contribution in [0.15, 0.2) is 34.9 Å². The van der Waals surface area contributed by atoms with E-state index >= 15 is 0 Å². The van der Waals surface area contributed by atoms with E-state index in [0.29, 0.717) is 12.0 Å². The van der Waals surface area contributed by atoms with Crippen molar-refractivity contribution in [3.8, 4) is 0 Å². The van der Waals surface area contributed by atoms with E-state index in [4.69, 9.17) is 5.11 Å².